The van der Waals surface area contributed by atoms with Gasteiger partial charge >= 0.3 is 0 Å². The van der Waals surface area contributed by atoms with E-state index in [4.69, 9.17) is 10.5 Å². The largest absolute Gasteiger partial charge is 0.477 e. The number of hydrogen-bond donors (Lipinski definition) is 1. The van der Waals surface area contributed by atoms with Crippen LogP contribution in [0, 0.1) is 23.2 Å². The molecule has 1 aromatic carbocycles. The molecule has 2 aliphatic heterocycles. The number of hydrogen-bond acceptors (Lipinski definition) is 4. The molecule has 0 bridgehead atoms. The lowest BCUT2D eigenvalue weighted by molar-refractivity contribution is -0.130. The van der Waals surface area contributed by atoms with Crippen molar-refractivity contribution in [3.05, 3.63) is 41.1 Å². The number of ether oxygens (including phenoxy) is 1. The Morgan fingerprint density at radius 1 is 1.43 bits per heavy atom. The number of carbonyl (C=O) groups is 2. The highest BCUT2D eigenvalue weighted by Gasteiger charge is 2.65. The molecular formula is C21H20N4O3. The Morgan fingerprint density at radius 3 is 3.04 bits per heavy atom. The summed E-state index contributed by atoms with van der Waals surface area (Å²) < 4.78 is 7.39. The predicted molar refractivity (Wildman–Crippen MR) is 101 cm³/mol. The third kappa shape index (κ3) is 2.41. The zero-order valence-corrected chi connectivity index (χ0v) is 15.6. The standard InChI is InChI=1S/C21H20N4O3/c1-24-12-14-11-21(14,20(24)27)8-7-13-4-2-5-15(10-13)25-19-16(6-3-9-28-19)17(23-25)18(22)26/h2,4-5,10,14H,3,6,9,11-12H2,1H3,(H2,22,26)/t14?,21-/m0/s1. The summed E-state index contributed by atoms with van der Waals surface area (Å²) in [5.41, 5.74) is 7.56. The number of carbonyl (C=O) groups excluding carboxylic acids is 2. The Kier molecular flexibility index (Phi) is 3.53. The van der Waals surface area contributed by atoms with E-state index in [1.165, 1.54) is 0 Å². The van der Waals surface area contributed by atoms with E-state index >= 15 is 0 Å². The van der Waals surface area contributed by atoms with Gasteiger partial charge in [-0.05, 0) is 37.5 Å². The molecule has 2 fully saturated rings. The Hall–Kier alpha value is -3.27. The first-order valence-electron chi connectivity index (χ1n) is 9.43. The first kappa shape index (κ1) is 16.9. The van der Waals surface area contributed by atoms with Crippen molar-refractivity contribution in [1.82, 2.24) is 14.7 Å². The number of likely N-dealkylation sites (tertiary alicyclic amines) is 1. The van der Waals surface area contributed by atoms with Gasteiger partial charge in [-0.1, -0.05) is 17.9 Å². The second-order valence-electron chi connectivity index (χ2n) is 7.72. The van der Waals surface area contributed by atoms with Crippen LogP contribution in [-0.4, -0.2) is 46.7 Å². The van der Waals surface area contributed by atoms with Crippen LogP contribution in [0.3, 0.4) is 0 Å². The van der Waals surface area contributed by atoms with Crippen LogP contribution in [0.4, 0.5) is 0 Å². The molecule has 7 nitrogen and oxygen atoms in total. The minimum absolute atomic E-state index is 0.127. The maximum absolute atomic E-state index is 12.4. The van der Waals surface area contributed by atoms with E-state index in [1.807, 2.05) is 31.3 Å². The molecule has 1 unspecified atom stereocenters. The summed E-state index contributed by atoms with van der Waals surface area (Å²) in [6.45, 7) is 1.37. The highest BCUT2D eigenvalue weighted by atomic mass is 16.5. The Labute approximate surface area is 162 Å². The third-order valence-electron chi connectivity index (χ3n) is 5.83. The van der Waals surface area contributed by atoms with Crippen molar-refractivity contribution >= 4 is 11.8 Å². The second kappa shape index (κ2) is 5.86. The predicted octanol–water partition coefficient (Wildman–Crippen LogP) is 1.13. The number of nitrogens with zero attached hydrogens (tertiary/aromatic N) is 3. The molecule has 7 heteroatoms. The van der Waals surface area contributed by atoms with Crippen molar-refractivity contribution < 1.29 is 14.3 Å². The fourth-order valence-corrected chi connectivity index (χ4v) is 4.27. The van der Waals surface area contributed by atoms with E-state index < -0.39 is 11.3 Å². The molecule has 1 aliphatic carbocycles. The fourth-order valence-electron chi connectivity index (χ4n) is 4.27. The smallest absolute Gasteiger partial charge is 0.269 e. The van der Waals surface area contributed by atoms with E-state index in [2.05, 4.69) is 16.9 Å². The summed E-state index contributed by atoms with van der Waals surface area (Å²) >= 11 is 0. The van der Waals surface area contributed by atoms with Gasteiger partial charge in [-0.2, -0.15) is 5.10 Å². The van der Waals surface area contributed by atoms with Crippen molar-refractivity contribution in [2.45, 2.75) is 19.3 Å². The van der Waals surface area contributed by atoms with Crippen LogP contribution in [-0.2, 0) is 11.2 Å². The number of primary amides is 1. The molecule has 1 saturated heterocycles. The first-order chi connectivity index (χ1) is 13.5. The van der Waals surface area contributed by atoms with Gasteiger partial charge in [0.15, 0.2) is 5.69 Å². The molecule has 2 aromatic rings. The molecule has 3 heterocycles. The Morgan fingerprint density at radius 2 is 2.29 bits per heavy atom. The molecule has 1 saturated carbocycles. The van der Waals surface area contributed by atoms with Crippen LogP contribution in [0.15, 0.2) is 24.3 Å². The fraction of sp³-hybridized carbons (Fsp3) is 0.381. The van der Waals surface area contributed by atoms with Gasteiger partial charge in [0.1, 0.15) is 5.41 Å². The van der Waals surface area contributed by atoms with Crippen LogP contribution < -0.4 is 10.5 Å². The quantitative estimate of drug-likeness (QED) is 0.796. The first-order valence-corrected chi connectivity index (χ1v) is 9.43. The van der Waals surface area contributed by atoms with Crippen molar-refractivity contribution in [1.29, 1.82) is 0 Å². The lowest BCUT2D eigenvalue weighted by Crippen LogP contribution is -2.27. The summed E-state index contributed by atoms with van der Waals surface area (Å²) in [4.78, 5) is 25.9. The van der Waals surface area contributed by atoms with Crippen LogP contribution in [0.25, 0.3) is 5.69 Å². The minimum Gasteiger partial charge on any atom is -0.477 e. The molecule has 5 rings (SSSR count). The highest BCUT2D eigenvalue weighted by molar-refractivity contribution is 5.93. The van der Waals surface area contributed by atoms with E-state index in [0.29, 0.717) is 24.8 Å². The van der Waals surface area contributed by atoms with E-state index in [0.717, 1.165) is 36.2 Å². The maximum atomic E-state index is 12.4. The molecule has 0 spiro atoms. The van der Waals surface area contributed by atoms with Crippen LogP contribution in [0.2, 0.25) is 0 Å². The summed E-state index contributed by atoms with van der Waals surface area (Å²) in [6, 6.07) is 7.55. The SMILES string of the molecule is CN1CC2C[C@]2(C#Cc2cccc(-n3nc(C(N)=O)c4c3OCCC4)c2)C1=O. The van der Waals surface area contributed by atoms with Gasteiger partial charge < -0.3 is 15.4 Å². The van der Waals surface area contributed by atoms with Crippen LogP contribution in [0.1, 0.15) is 34.5 Å². The average molecular weight is 376 g/mol. The van der Waals surface area contributed by atoms with Gasteiger partial charge in [-0.25, -0.2) is 4.68 Å². The van der Waals surface area contributed by atoms with Crippen LogP contribution >= 0.6 is 0 Å². The van der Waals surface area contributed by atoms with Gasteiger partial charge in [-0.3, -0.25) is 9.59 Å². The average Bonchev–Trinajstić information content (AvgIpc) is 3.15. The van der Waals surface area contributed by atoms with Gasteiger partial charge in [0.05, 0.1) is 12.3 Å². The monoisotopic (exact) mass is 376 g/mol. The third-order valence-corrected chi connectivity index (χ3v) is 5.83. The molecule has 3 aliphatic rings. The molecule has 1 aromatic heterocycles. The molecule has 2 amide bonds. The molecular weight excluding hydrogens is 356 g/mol. The Balaban J connectivity index is 1.51. The zero-order chi connectivity index (χ0) is 19.5. The number of nitrogens with two attached hydrogens (primary N) is 1. The highest BCUT2D eigenvalue weighted by Crippen LogP contribution is 2.57. The number of aromatic nitrogens is 2. The molecule has 28 heavy (non-hydrogen) atoms. The maximum Gasteiger partial charge on any atom is 0.269 e. The van der Waals surface area contributed by atoms with E-state index in [1.54, 1.807) is 9.58 Å². The topological polar surface area (TPSA) is 90.5 Å². The zero-order valence-electron chi connectivity index (χ0n) is 15.6. The lowest BCUT2D eigenvalue weighted by atomic mass is 10.1. The van der Waals surface area contributed by atoms with Crippen LogP contribution in [0.5, 0.6) is 5.88 Å². The number of fused-ring (bicyclic) bond motifs is 2. The minimum atomic E-state index is -0.556. The number of amides is 2. The second-order valence-corrected chi connectivity index (χ2v) is 7.72. The summed E-state index contributed by atoms with van der Waals surface area (Å²) in [5.74, 6) is 6.88. The van der Waals surface area contributed by atoms with Crippen molar-refractivity contribution in [2.24, 2.45) is 17.1 Å². The van der Waals surface area contributed by atoms with Gasteiger partial charge in [-0.15, -0.1) is 0 Å². The van der Waals surface area contributed by atoms with Gasteiger partial charge in [0, 0.05) is 30.6 Å². The van der Waals surface area contributed by atoms with Crippen molar-refractivity contribution in [3.63, 3.8) is 0 Å². The van der Waals surface area contributed by atoms with Crippen molar-refractivity contribution in [2.75, 3.05) is 20.2 Å². The molecule has 2 N–H and O–H groups in total. The van der Waals surface area contributed by atoms with E-state index in [-0.39, 0.29) is 11.6 Å². The number of rotatable bonds is 2. The summed E-state index contributed by atoms with van der Waals surface area (Å²) in [7, 11) is 1.83. The van der Waals surface area contributed by atoms with Crippen molar-refractivity contribution in [3.8, 4) is 23.4 Å². The lowest BCUT2D eigenvalue weighted by Gasteiger charge is -2.15. The number of piperidine rings is 1. The summed E-state index contributed by atoms with van der Waals surface area (Å²) in [6.07, 6.45) is 2.40. The van der Waals surface area contributed by atoms with Gasteiger partial charge in [0.25, 0.3) is 5.91 Å². The number of benzene rings is 1. The Bertz CT molecular complexity index is 1080. The van der Waals surface area contributed by atoms with E-state index in [9.17, 15) is 9.59 Å². The molecule has 0 radical (unpaired) electrons. The molecule has 2 atom stereocenters. The molecule has 142 valence electrons. The van der Waals surface area contributed by atoms with Gasteiger partial charge in [0.2, 0.25) is 11.8 Å². The normalized spacial score (nSPS) is 24.7. The summed E-state index contributed by atoms with van der Waals surface area (Å²) in [5, 5.41) is 4.39.